The highest BCUT2D eigenvalue weighted by atomic mass is 35.5. The molecule has 1 aromatic rings. The summed E-state index contributed by atoms with van der Waals surface area (Å²) in [6, 6.07) is 6.17. The molecule has 1 aromatic carbocycles. The fraction of sp³-hybridized carbons (Fsp3) is 0.625. The Kier molecular flexibility index (Phi) is 3.99. The van der Waals surface area contributed by atoms with E-state index in [1.54, 1.807) is 0 Å². The first kappa shape index (κ1) is 13.3. The Balaban J connectivity index is 1.81. The second-order valence-corrected chi connectivity index (χ2v) is 6.39. The molecule has 1 saturated carbocycles. The van der Waals surface area contributed by atoms with Crippen molar-refractivity contribution >= 4 is 17.3 Å². The van der Waals surface area contributed by atoms with E-state index < -0.39 is 0 Å². The Morgan fingerprint density at radius 2 is 1.95 bits per heavy atom. The Hall–Kier alpha value is -0.730. The van der Waals surface area contributed by atoms with Crippen LogP contribution in [0.1, 0.15) is 37.7 Å². The molecular formula is C16H23ClN2. The van der Waals surface area contributed by atoms with Gasteiger partial charge in [-0.05, 0) is 36.8 Å². The van der Waals surface area contributed by atoms with Crippen LogP contribution in [0.15, 0.2) is 18.2 Å². The van der Waals surface area contributed by atoms with Crippen LogP contribution in [0, 0.1) is 11.8 Å². The maximum atomic E-state index is 6.28. The molecule has 0 radical (unpaired) electrons. The van der Waals surface area contributed by atoms with Gasteiger partial charge in [0, 0.05) is 35.9 Å². The standard InChI is InChI=1S/C16H23ClN2/c17-15-6-3-7-16(14(15)10-18)19-9-8-12-4-1-2-5-13(12)11-19/h3,6-7,12-13H,1-2,4-5,8-11,18H2. The van der Waals surface area contributed by atoms with Crippen molar-refractivity contribution in [3.05, 3.63) is 28.8 Å². The molecule has 1 aliphatic heterocycles. The summed E-state index contributed by atoms with van der Waals surface area (Å²) in [6.07, 6.45) is 7.03. The second-order valence-electron chi connectivity index (χ2n) is 5.98. The largest absolute Gasteiger partial charge is 0.371 e. The van der Waals surface area contributed by atoms with Gasteiger partial charge < -0.3 is 10.6 Å². The van der Waals surface area contributed by atoms with Crippen molar-refractivity contribution in [3.63, 3.8) is 0 Å². The summed E-state index contributed by atoms with van der Waals surface area (Å²) >= 11 is 6.28. The van der Waals surface area contributed by atoms with Gasteiger partial charge in [-0.3, -0.25) is 0 Å². The fourth-order valence-electron chi connectivity index (χ4n) is 3.87. The zero-order chi connectivity index (χ0) is 13.2. The number of hydrogen-bond acceptors (Lipinski definition) is 2. The van der Waals surface area contributed by atoms with E-state index in [0.29, 0.717) is 6.54 Å². The summed E-state index contributed by atoms with van der Waals surface area (Å²) in [6.45, 7) is 2.88. The number of hydrogen-bond donors (Lipinski definition) is 1. The Morgan fingerprint density at radius 3 is 2.74 bits per heavy atom. The topological polar surface area (TPSA) is 29.3 Å². The van der Waals surface area contributed by atoms with Crippen molar-refractivity contribution in [2.75, 3.05) is 18.0 Å². The lowest BCUT2D eigenvalue weighted by molar-refractivity contribution is 0.202. The van der Waals surface area contributed by atoms with Gasteiger partial charge in [-0.2, -0.15) is 0 Å². The summed E-state index contributed by atoms with van der Waals surface area (Å²) in [5.41, 5.74) is 8.25. The molecule has 0 bridgehead atoms. The van der Waals surface area contributed by atoms with Gasteiger partial charge in [0.25, 0.3) is 0 Å². The average Bonchev–Trinajstić information content (AvgIpc) is 2.46. The van der Waals surface area contributed by atoms with Crippen molar-refractivity contribution in [3.8, 4) is 0 Å². The summed E-state index contributed by atoms with van der Waals surface area (Å²) in [7, 11) is 0. The summed E-state index contributed by atoms with van der Waals surface area (Å²) < 4.78 is 0. The number of benzene rings is 1. The number of piperidine rings is 1. The van der Waals surface area contributed by atoms with E-state index in [1.165, 1.54) is 44.3 Å². The minimum atomic E-state index is 0.527. The van der Waals surface area contributed by atoms with Crippen LogP contribution in [0.25, 0.3) is 0 Å². The molecule has 2 N–H and O–H groups in total. The SMILES string of the molecule is NCc1c(Cl)cccc1N1CCC2CCCCC2C1. The molecule has 3 rings (SSSR count). The van der Waals surface area contributed by atoms with E-state index in [1.807, 2.05) is 12.1 Å². The van der Waals surface area contributed by atoms with Crippen molar-refractivity contribution in [1.29, 1.82) is 0 Å². The Morgan fingerprint density at radius 1 is 1.16 bits per heavy atom. The molecule has 1 saturated heterocycles. The van der Waals surface area contributed by atoms with Gasteiger partial charge in [-0.15, -0.1) is 0 Å². The second kappa shape index (κ2) is 5.72. The van der Waals surface area contributed by atoms with E-state index in [2.05, 4.69) is 11.0 Å². The summed E-state index contributed by atoms with van der Waals surface area (Å²) in [5.74, 6) is 1.85. The third-order valence-electron chi connectivity index (χ3n) is 4.93. The number of rotatable bonds is 2. The summed E-state index contributed by atoms with van der Waals surface area (Å²) in [4.78, 5) is 2.51. The van der Waals surface area contributed by atoms with Gasteiger partial charge in [-0.25, -0.2) is 0 Å². The molecule has 0 amide bonds. The molecule has 2 unspecified atom stereocenters. The predicted octanol–water partition coefficient (Wildman–Crippen LogP) is 3.82. The van der Waals surface area contributed by atoms with Crippen molar-refractivity contribution in [2.45, 2.75) is 38.6 Å². The van der Waals surface area contributed by atoms with Gasteiger partial charge in [0.05, 0.1) is 0 Å². The lowest BCUT2D eigenvalue weighted by atomic mass is 9.75. The Labute approximate surface area is 120 Å². The molecule has 3 heteroatoms. The first-order valence-corrected chi connectivity index (χ1v) is 7.90. The van der Waals surface area contributed by atoms with Gasteiger partial charge in [0.15, 0.2) is 0 Å². The highest BCUT2D eigenvalue weighted by Gasteiger charge is 2.31. The van der Waals surface area contributed by atoms with Gasteiger partial charge in [0.1, 0.15) is 0 Å². The molecule has 2 atom stereocenters. The number of nitrogens with zero attached hydrogens (tertiary/aromatic N) is 1. The van der Waals surface area contributed by atoms with Crippen LogP contribution >= 0.6 is 11.6 Å². The van der Waals surface area contributed by atoms with E-state index in [-0.39, 0.29) is 0 Å². The van der Waals surface area contributed by atoms with E-state index in [4.69, 9.17) is 17.3 Å². The highest BCUT2D eigenvalue weighted by molar-refractivity contribution is 6.31. The molecule has 104 valence electrons. The molecule has 1 aliphatic carbocycles. The third kappa shape index (κ3) is 2.61. The number of nitrogens with two attached hydrogens (primary N) is 1. The van der Waals surface area contributed by atoms with E-state index in [0.717, 1.165) is 29.0 Å². The fourth-order valence-corrected chi connectivity index (χ4v) is 4.11. The van der Waals surface area contributed by atoms with E-state index in [9.17, 15) is 0 Å². The predicted molar refractivity (Wildman–Crippen MR) is 81.6 cm³/mol. The highest BCUT2D eigenvalue weighted by Crippen LogP contribution is 2.38. The number of fused-ring (bicyclic) bond motifs is 1. The molecule has 2 nitrogen and oxygen atoms in total. The van der Waals surface area contributed by atoms with E-state index >= 15 is 0 Å². The molecule has 19 heavy (non-hydrogen) atoms. The Bertz CT molecular complexity index is 446. The zero-order valence-electron chi connectivity index (χ0n) is 11.4. The lowest BCUT2D eigenvalue weighted by Gasteiger charge is -2.43. The van der Waals surface area contributed by atoms with Gasteiger partial charge >= 0.3 is 0 Å². The van der Waals surface area contributed by atoms with Crippen LogP contribution in [-0.2, 0) is 6.54 Å². The van der Waals surface area contributed by atoms with Crippen molar-refractivity contribution in [2.24, 2.45) is 17.6 Å². The maximum absolute atomic E-state index is 6.28. The quantitative estimate of drug-likeness (QED) is 0.891. The monoisotopic (exact) mass is 278 g/mol. The lowest BCUT2D eigenvalue weighted by Crippen LogP contribution is -2.42. The normalized spacial score (nSPS) is 27.2. The first-order chi connectivity index (χ1) is 9.29. The minimum absolute atomic E-state index is 0.527. The van der Waals surface area contributed by atoms with Crippen molar-refractivity contribution < 1.29 is 0 Å². The number of halogens is 1. The average molecular weight is 279 g/mol. The third-order valence-corrected chi connectivity index (χ3v) is 5.28. The van der Waals surface area contributed by atoms with Gasteiger partial charge in [-0.1, -0.05) is 36.9 Å². The maximum Gasteiger partial charge on any atom is 0.0471 e. The summed E-state index contributed by atoms with van der Waals surface area (Å²) in [5, 5.41) is 0.811. The molecule has 2 aliphatic rings. The van der Waals surface area contributed by atoms with Crippen LogP contribution in [-0.4, -0.2) is 13.1 Å². The van der Waals surface area contributed by atoms with Crippen LogP contribution < -0.4 is 10.6 Å². The number of anilines is 1. The molecule has 1 heterocycles. The zero-order valence-corrected chi connectivity index (χ0v) is 12.2. The molecule has 0 aromatic heterocycles. The van der Waals surface area contributed by atoms with Gasteiger partial charge in [0.2, 0.25) is 0 Å². The van der Waals surface area contributed by atoms with Crippen LogP contribution in [0.3, 0.4) is 0 Å². The minimum Gasteiger partial charge on any atom is -0.371 e. The van der Waals surface area contributed by atoms with Crippen LogP contribution in [0.4, 0.5) is 5.69 Å². The molecule has 0 spiro atoms. The molecule has 2 fully saturated rings. The first-order valence-electron chi connectivity index (χ1n) is 7.52. The molecular weight excluding hydrogens is 256 g/mol. The van der Waals surface area contributed by atoms with Crippen LogP contribution in [0.2, 0.25) is 5.02 Å². The smallest absolute Gasteiger partial charge is 0.0471 e. The van der Waals surface area contributed by atoms with Crippen molar-refractivity contribution in [1.82, 2.24) is 0 Å². The van der Waals surface area contributed by atoms with Crippen LogP contribution in [0.5, 0.6) is 0 Å².